The van der Waals surface area contributed by atoms with Gasteiger partial charge >= 0.3 is 0 Å². The van der Waals surface area contributed by atoms with Gasteiger partial charge in [-0.2, -0.15) is 0 Å². The lowest BCUT2D eigenvalue weighted by Gasteiger charge is -2.21. The first-order valence-corrected chi connectivity index (χ1v) is 5.72. The SMILES string of the molecule is [CH2]C(C)C(c1ccccc1)c1ccccc1. The Hall–Kier alpha value is -1.56. The van der Waals surface area contributed by atoms with Crippen LogP contribution in [0.5, 0.6) is 0 Å². The second kappa shape index (κ2) is 4.98. The van der Waals surface area contributed by atoms with Crippen LogP contribution in [0.3, 0.4) is 0 Å². The van der Waals surface area contributed by atoms with Gasteiger partial charge in [-0.1, -0.05) is 67.6 Å². The third-order valence-corrected chi connectivity index (χ3v) is 2.89. The average molecular weight is 209 g/mol. The van der Waals surface area contributed by atoms with E-state index >= 15 is 0 Å². The summed E-state index contributed by atoms with van der Waals surface area (Å²) in [5.74, 6) is 0.757. The summed E-state index contributed by atoms with van der Waals surface area (Å²) in [5.41, 5.74) is 2.69. The Morgan fingerprint density at radius 3 is 1.44 bits per heavy atom. The van der Waals surface area contributed by atoms with Gasteiger partial charge < -0.3 is 0 Å². The number of rotatable bonds is 3. The van der Waals surface area contributed by atoms with Crippen molar-refractivity contribution in [3.63, 3.8) is 0 Å². The van der Waals surface area contributed by atoms with Crippen molar-refractivity contribution in [2.75, 3.05) is 0 Å². The Balaban J connectivity index is 2.40. The Morgan fingerprint density at radius 1 is 0.750 bits per heavy atom. The van der Waals surface area contributed by atoms with Gasteiger partial charge in [0.25, 0.3) is 0 Å². The number of hydrogen-bond donors (Lipinski definition) is 0. The Morgan fingerprint density at radius 2 is 1.12 bits per heavy atom. The molecule has 2 aromatic carbocycles. The second-order valence-corrected chi connectivity index (χ2v) is 4.28. The summed E-state index contributed by atoms with van der Waals surface area (Å²) in [6, 6.07) is 21.2. The minimum absolute atomic E-state index is 0.366. The highest BCUT2D eigenvalue weighted by Gasteiger charge is 2.17. The van der Waals surface area contributed by atoms with E-state index in [0.29, 0.717) is 11.8 Å². The summed E-state index contributed by atoms with van der Waals surface area (Å²) < 4.78 is 0. The van der Waals surface area contributed by atoms with Crippen molar-refractivity contribution in [3.8, 4) is 0 Å². The van der Waals surface area contributed by atoms with Crippen molar-refractivity contribution >= 4 is 0 Å². The van der Waals surface area contributed by atoms with E-state index in [4.69, 9.17) is 0 Å². The second-order valence-electron chi connectivity index (χ2n) is 4.28. The van der Waals surface area contributed by atoms with Crippen LogP contribution >= 0.6 is 0 Å². The topological polar surface area (TPSA) is 0 Å². The van der Waals surface area contributed by atoms with Crippen molar-refractivity contribution in [3.05, 3.63) is 78.7 Å². The molecule has 0 fully saturated rings. The van der Waals surface area contributed by atoms with Gasteiger partial charge in [0.2, 0.25) is 0 Å². The molecule has 0 saturated carbocycles. The van der Waals surface area contributed by atoms with Crippen LogP contribution < -0.4 is 0 Å². The van der Waals surface area contributed by atoms with Crippen LogP contribution in [0.25, 0.3) is 0 Å². The molecule has 2 aromatic rings. The molecule has 0 aromatic heterocycles. The molecular weight excluding hydrogens is 192 g/mol. The Labute approximate surface area is 97.9 Å². The standard InChI is InChI=1S/C16H17/c1-13(2)16(14-9-5-3-6-10-14)15-11-7-4-8-12-15/h3-13,16H,1H2,2H3. The third-order valence-electron chi connectivity index (χ3n) is 2.89. The molecule has 0 heteroatoms. The van der Waals surface area contributed by atoms with E-state index in [1.807, 2.05) is 0 Å². The smallest absolute Gasteiger partial charge is 0.0115 e. The summed E-state index contributed by atoms with van der Waals surface area (Å²) >= 11 is 0. The quantitative estimate of drug-likeness (QED) is 0.707. The third kappa shape index (κ3) is 2.33. The molecule has 0 spiro atoms. The average Bonchev–Trinajstić information content (AvgIpc) is 2.31. The van der Waals surface area contributed by atoms with Gasteiger partial charge in [-0.3, -0.25) is 0 Å². The van der Waals surface area contributed by atoms with Gasteiger partial charge in [0.1, 0.15) is 0 Å². The van der Waals surface area contributed by atoms with E-state index in [0.717, 1.165) is 0 Å². The molecule has 81 valence electrons. The predicted molar refractivity (Wildman–Crippen MR) is 69.2 cm³/mol. The maximum absolute atomic E-state index is 4.19. The fourth-order valence-electron chi connectivity index (χ4n) is 2.17. The lowest BCUT2D eigenvalue weighted by molar-refractivity contribution is 0.620. The molecule has 0 heterocycles. The first kappa shape index (κ1) is 10.9. The van der Waals surface area contributed by atoms with Crippen LogP contribution in [0.2, 0.25) is 0 Å². The van der Waals surface area contributed by atoms with Crippen molar-refractivity contribution in [2.24, 2.45) is 5.92 Å². The molecule has 2 rings (SSSR count). The molecule has 0 aliphatic carbocycles. The van der Waals surface area contributed by atoms with Crippen LogP contribution in [-0.2, 0) is 0 Å². The predicted octanol–water partition coefficient (Wildman–Crippen LogP) is 4.29. The van der Waals surface area contributed by atoms with Crippen LogP contribution in [0.4, 0.5) is 0 Å². The molecule has 1 atom stereocenters. The molecule has 1 radical (unpaired) electrons. The largest absolute Gasteiger partial charge is 0.0622 e. The maximum Gasteiger partial charge on any atom is 0.0115 e. The summed E-state index contributed by atoms with van der Waals surface area (Å²) in [6.45, 7) is 6.36. The zero-order valence-corrected chi connectivity index (χ0v) is 9.64. The molecule has 0 saturated heterocycles. The Bertz CT molecular complexity index is 375. The summed E-state index contributed by atoms with van der Waals surface area (Å²) in [4.78, 5) is 0. The normalized spacial score (nSPS) is 11.0. The summed E-state index contributed by atoms with van der Waals surface area (Å²) in [5, 5.41) is 0. The first-order chi connectivity index (χ1) is 7.79. The minimum Gasteiger partial charge on any atom is -0.0622 e. The Kier molecular flexibility index (Phi) is 3.40. The van der Waals surface area contributed by atoms with Gasteiger partial charge in [0.15, 0.2) is 0 Å². The van der Waals surface area contributed by atoms with Crippen LogP contribution in [0.1, 0.15) is 24.0 Å². The van der Waals surface area contributed by atoms with Gasteiger partial charge in [-0.05, 0) is 24.0 Å². The monoisotopic (exact) mass is 209 g/mol. The van der Waals surface area contributed by atoms with Gasteiger partial charge in [-0.15, -0.1) is 0 Å². The molecule has 0 amide bonds. The molecule has 0 aliphatic rings. The highest BCUT2D eigenvalue weighted by molar-refractivity contribution is 5.33. The lowest BCUT2D eigenvalue weighted by atomic mass is 9.83. The fraction of sp³-hybridized carbons (Fsp3) is 0.188. The first-order valence-electron chi connectivity index (χ1n) is 5.72. The highest BCUT2D eigenvalue weighted by atomic mass is 14.2. The zero-order chi connectivity index (χ0) is 11.4. The molecular formula is C16H17. The van der Waals surface area contributed by atoms with Crippen molar-refractivity contribution < 1.29 is 0 Å². The van der Waals surface area contributed by atoms with E-state index < -0.39 is 0 Å². The van der Waals surface area contributed by atoms with E-state index in [-0.39, 0.29) is 0 Å². The molecule has 0 bridgehead atoms. The molecule has 16 heavy (non-hydrogen) atoms. The van der Waals surface area contributed by atoms with Crippen LogP contribution in [0, 0.1) is 12.8 Å². The van der Waals surface area contributed by atoms with Crippen molar-refractivity contribution in [1.82, 2.24) is 0 Å². The van der Waals surface area contributed by atoms with Crippen LogP contribution in [0.15, 0.2) is 60.7 Å². The van der Waals surface area contributed by atoms with Crippen molar-refractivity contribution in [1.29, 1.82) is 0 Å². The van der Waals surface area contributed by atoms with Crippen molar-refractivity contribution in [2.45, 2.75) is 12.8 Å². The van der Waals surface area contributed by atoms with E-state index in [1.165, 1.54) is 11.1 Å². The van der Waals surface area contributed by atoms with Crippen LogP contribution in [-0.4, -0.2) is 0 Å². The zero-order valence-electron chi connectivity index (χ0n) is 9.64. The molecule has 1 unspecified atom stereocenters. The van der Waals surface area contributed by atoms with E-state index in [1.54, 1.807) is 0 Å². The number of hydrogen-bond acceptors (Lipinski definition) is 0. The highest BCUT2D eigenvalue weighted by Crippen LogP contribution is 2.30. The maximum atomic E-state index is 4.19. The lowest BCUT2D eigenvalue weighted by Crippen LogP contribution is -2.08. The molecule has 0 N–H and O–H groups in total. The molecule has 0 aliphatic heterocycles. The minimum atomic E-state index is 0.366. The summed E-state index contributed by atoms with van der Waals surface area (Å²) in [7, 11) is 0. The number of benzene rings is 2. The van der Waals surface area contributed by atoms with Gasteiger partial charge in [0.05, 0.1) is 0 Å². The van der Waals surface area contributed by atoms with Gasteiger partial charge in [0, 0.05) is 5.92 Å². The van der Waals surface area contributed by atoms with E-state index in [2.05, 4.69) is 74.5 Å². The van der Waals surface area contributed by atoms with E-state index in [9.17, 15) is 0 Å². The van der Waals surface area contributed by atoms with Gasteiger partial charge in [-0.25, -0.2) is 0 Å². The summed E-state index contributed by atoms with van der Waals surface area (Å²) in [6.07, 6.45) is 0. The fourth-order valence-corrected chi connectivity index (χ4v) is 2.17. The molecule has 0 nitrogen and oxygen atoms in total.